The van der Waals surface area contributed by atoms with Gasteiger partial charge in [-0.2, -0.15) is 0 Å². The van der Waals surface area contributed by atoms with Crippen molar-refractivity contribution in [2.75, 3.05) is 33.7 Å². The number of rotatable bonds is 6. The van der Waals surface area contributed by atoms with Crippen LogP contribution in [0.25, 0.3) is 0 Å². The van der Waals surface area contributed by atoms with Crippen LogP contribution < -0.4 is 10.6 Å². The summed E-state index contributed by atoms with van der Waals surface area (Å²) < 4.78 is 0. The molecule has 0 unspecified atom stereocenters. The van der Waals surface area contributed by atoms with E-state index in [4.69, 9.17) is 0 Å². The molecule has 1 aliphatic rings. The second kappa shape index (κ2) is 12.0. The maximum absolute atomic E-state index is 11.7. The number of guanidine groups is 1. The molecule has 0 aromatic heterocycles. The van der Waals surface area contributed by atoms with E-state index in [2.05, 4.69) is 29.5 Å². The van der Waals surface area contributed by atoms with Crippen molar-refractivity contribution in [1.82, 2.24) is 15.5 Å². The predicted octanol–water partition coefficient (Wildman–Crippen LogP) is 2.46. The van der Waals surface area contributed by atoms with Crippen molar-refractivity contribution in [2.45, 2.75) is 46.0 Å². The first-order chi connectivity index (χ1) is 9.99. The van der Waals surface area contributed by atoms with Gasteiger partial charge in [-0.3, -0.25) is 4.79 Å². The first-order valence-electron chi connectivity index (χ1n) is 8.21. The summed E-state index contributed by atoms with van der Waals surface area (Å²) in [5.74, 6) is 2.09. The van der Waals surface area contributed by atoms with Gasteiger partial charge in [-0.25, -0.2) is 4.99 Å². The lowest BCUT2D eigenvalue weighted by molar-refractivity contribution is -0.127. The van der Waals surface area contributed by atoms with Crippen molar-refractivity contribution in [3.63, 3.8) is 0 Å². The molecule has 0 radical (unpaired) electrons. The summed E-state index contributed by atoms with van der Waals surface area (Å²) in [6.45, 7) is 6.35. The number of likely N-dealkylation sites (N-methyl/N-ethyl adjacent to an activating group) is 1. The smallest absolute Gasteiger partial charge is 0.243 e. The van der Waals surface area contributed by atoms with E-state index in [-0.39, 0.29) is 36.4 Å². The molecule has 1 saturated carbocycles. The highest BCUT2D eigenvalue weighted by molar-refractivity contribution is 14.0. The Balaban J connectivity index is 0.00000441. The van der Waals surface area contributed by atoms with Gasteiger partial charge in [0.25, 0.3) is 0 Å². The number of nitrogens with one attached hydrogen (secondary N) is 2. The molecule has 0 aliphatic heterocycles. The van der Waals surface area contributed by atoms with Crippen LogP contribution in [-0.2, 0) is 4.79 Å². The van der Waals surface area contributed by atoms with Gasteiger partial charge in [0, 0.05) is 27.2 Å². The van der Waals surface area contributed by atoms with Gasteiger partial charge in [0.2, 0.25) is 5.91 Å². The molecule has 0 aromatic rings. The standard InChI is InChI=1S/C16H32N4O.HI/c1-13(2)10-17-16(19-12-15(21)20(3)4)18-11-14-8-6-5-7-9-14;/h13-14H,5-12H2,1-4H3,(H2,17,18,19);1H. The van der Waals surface area contributed by atoms with Crippen molar-refractivity contribution in [3.8, 4) is 0 Å². The third kappa shape index (κ3) is 9.48. The number of hydrogen-bond acceptors (Lipinski definition) is 2. The van der Waals surface area contributed by atoms with E-state index in [0.717, 1.165) is 25.0 Å². The van der Waals surface area contributed by atoms with Crippen molar-refractivity contribution in [1.29, 1.82) is 0 Å². The number of nitrogens with zero attached hydrogens (tertiary/aromatic N) is 2. The normalized spacial score (nSPS) is 16.1. The number of carbonyl (C=O) groups is 1. The van der Waals surface area contributed by atoms with E-state index in [1.807, 2.05) is 0 Å². The third-order valence-electron chi connectivity index (χ3n) is 3.83. The summed E-state index contributed by atoms with van der Waals surface area (Å²) in [5.41, 5.74) is 0. The highest BCUT2D eigenvalue weighted by atomic mass is 127. The second-order valence-electron chi connectivity index (χ2n) is 6.61. The van der Waals surface area contributed by atoms with Crippen LogP contribution in [0.4, 0.5) is 0 Å². The Hall–Kier alpha value is -0.530. The fourth-order valence-corrected chi connectivity index (χ4v) is 2.40. The molecule has 130 valence electrons. The minimum atomic E-state index is 0. The van der Waals surface area contributed by atoms with Gasteiger partial charge in [-0.05, 0) is 24.7 Å². The predicted molar refractivity (Wildman–Crippen MR) is 104 cm³/mol. The second-order valence-corrected chi connectivity index (χ2v) is 6.61. The topological polar surface area (TPSA) is 56.7 Å². The first-order valence-corrected chi connectivity index (χ1v) is 8.21. The molecular weight excluding hydrogens is 391 g/mol. The zero-order valence-electron chi connectivity index (χ0n) is 14.5. The molecule has 22 heavy (non-hydrogen) atoms. The molecule has 1 amide bonds. The Morgan fingerprint density at radius 3 is 2.36 bits per heavy atom. The summed E-state index contributed by atoms with van der Waals surface area (Å²) in [6, 6.07) is 0. The lowest BCUT2D eigenvalue weighted by Crippen LogP contribution is -2.42. The maximum atomic E-state index is 11.7. The van der Waals surface area contributed by atoms with Gasteiger partial charge >= 0.3 is 0 Å². The molecule has 0 atom stereocenters. The summed E-state index contributed by atoms with van der Waals surface area (Å²) in [7, 11) is 3.52. The van der Waals surface area contributed by atoms with Crippen LogP contribution in [-0.4, -0.2) is 50.5 Å². The molecule has 5 nitrogen and oxygen atoms in total. The SMILES string of the molecule is CC(C)CNC(=NCC(=O)N(C)C)NCC1CCCCC1.I. The molecule has 2 N–H and O–H groups in total. The van der Waals surface area contributed by atoms with Crippen LogP contribution in [0.15, 0.2) is 4.99 Å². The average Bonchev–Trinajstić information content (AvgIpc) is 2.46. The lowest BCUT2D eigenvalue weighted by Gasteiger charge is -2.23. The van der Waals surface area contributed by atoms with Gasteiger partial charge in [0.05, 0.1) is 0 Å². The largest absolute Gasteiger partial charge is 0.356 e. The third-order valence-corrected chi connectivity index (χ3v) is 3.83. The Kier molecular flexibility index (Phi) is 11.7. The number of amides is 1. The Morgan fingerprint density at radius 1 is 1.18 bits per heavy atom. The van der Waals surface area contributed by atoms with Crippen molar-refractivity contribution >= 4 is 35.8 Å². The van der Waals surface area contributed by atoms with Crippen LogP contribution in [0.3, 0.4) is 0 Å². The molecule has 1 fully saturated rings. The highest BCUT2D eigenvalue weighted by Gasteiger charge is 2.14. The maximum Gasteiger partial charge on any atom is 0.243 e. The van der Waals surface area contributed by atoms with Gasteiger partial charge in [0.1, 0.15) is 6.54 Å². The molecular formula is C16H33IN4O. The van der Waals surface area contributed by atoms with Crippen LogP contribution in [0.2, 0.25) is 0 Å². The van der Waals surface area contributed by atoms with Crippen LogP contribution in [0.5, 0.6) is 0 Å². The molecule has 0 heterocycles. The summed E-state index contributed by atoms with van der Waals surface area (Å²) >= 11 is 0. The quantitative estimate of drug-likeness (QED) is 0.391. The Morgan fingerprint density at radius 2 is 1.82 bits per heavy atom. The Bertz CT molecular complexity index is 339. The molecule has 1 aliphatic carbocycles. The molecule has 0 aromatic carbocycles. The monoisotopic (exact) mass is 424 g/mol. The minimum absolute atomic E-state index is 0. The van der Waals surface area contributed by atoms with Gasteiger partial charge in [-0.15, -0.1) is 24.0 Å². The van der Waals surface area contributed by atoms with E-state index in [0.29, 0.717) is 5.92 Å². The lowest BCUT2D eigenvalue weighted by atomic mass is 9.89. The fraction of sp³-hybridized carbons (Fsp3) is 0.875. The first kappa shape index (κ1) is 21.5. The van der Waals surface area contributed by atoms with Crippen molar-refractivity contribution < 1.29 is 4.79 Å². The molecule has 0 saturated heterocycles. The van der Waals surface area contributed by atoms with E-state index in [1.165, 1.54) is 32.1 Å². The zero-order valence-corrected chi connectivity index (χ0v) is 16.9. The zero-order chi connectivity index (χ0) is 15.7. The summed E-state index contributed by atoms with van der Waals surface area (Å²) in [6.07, 6.45) is 6.68. The molecule has 1 rings (SSSR count). The van der Waals surface area contributed by atoms with Crippen LogP contribution in [0, 0.1) is 11.8 Å². The van der Waals surface area contributed by atoms with Gasteiger partial charge in [-0.1, -0.05) is 33.1 Å². The van der Waals surface area contributed by atoms with Gasteiger partial charge in [0.15, 0.2) is 5.96 Å². The number of hydrogen-bond donors (Lipinski definition) is 2. The van der Waals surface area contributed by atoms with Crippen molar-refractivity contribution in [2.24, 2.45) is 16.8 Å². The Labute approximate surface area is 152 Å². The summed E-state index contributed by atoms with van der Waals surface area (Å²) in [4.78, 5) is 17.6. The van der Waals surface area contributed by atoms with E-state index in [9.17, 15) is 4.79 Å². The van der Waals surface area contributed by atoms with E-state index >= 15 is 0 Å². The van der Waals surface area contributed by atoms with E-state index in [1.54, 1.807) is 19.0 Å². The molecule has 0 spiro atoms. The number of carbonyl (C=O) groups excluding carboxylic acids is 1. The van der Waals surface area contributed by atoms with Crippen LogP contribution in [0.1, 0.15) is 46.0 Å². The summed E-state index contributed by atoms with van der Waals surface area (Å²) in [5, 5.41) is 6.73. The minimum Gasteiger partial charge on any atom is -0.356 e. The molecule has 6 heteroatoms. The van der Waals surface area contributed by atoms with Gasteiger partial charge < -0.3 is 15.5 Å². The fourth-order valence-electron chi connectivity index (χ4n) is 2.40. The molecule has 0 bridgehead atoms. The van der Waals surface area contributed by atoms with E-state index < -0.39 is 0 Å². The number of aliphatic imine (C=N–C) groups is 1. The van der Waals surface area contributed by atoms with Crippen molar-refractivity contribution in [3.05, 3.63) is 0 Å². The average molecular weight is 424 g/mol. The van der Waals surface area contributed by atoms with Crippen LogP contribution >= 0.6 is 24.0 Å². The highest BCUT2D eigenvalue weighted by Crippen LogP contribution is 2.22. The number of halogens is 1.